The van der Waals surface area contributed by atoms with Gasteiger partial charge in [-0.3, -0.25) is 4.48 Å². The van der Waals surface area contributed by atoms with E-state index in [-0.39, 0.29) is 12.5 Å². The van der Waals surface area contributed by atoms with Crippen molar-refractivity contribution >= 4 is 5.91 Å². The van der Waals surface area contributed by atoms with Crippen LogP contribution in [0.4, 0.5) is 0 Å². The number of carbonyl (C=O) groups is 1. The lowest BCUT2D eigenvalue weighted by Crippen LogP contribution is -2.48. The molecular weight excluding hydrogens is 154 g/mol. The standard InChI is InChI=1S/C9H18NO2/c1-4-6-10(3,9(2)12)7-5-8-11/h4,11H,1,5-8H2,2-3H3/q+1. The molecule has 1 amide bonds. The van der Waals surface area contributed by atoms with E-state index in [1.165, 1.54) is 0 Å². The van der Waals surface area contributed by atoms with Crippen LogP contribution >= 0.6 is 0 Å². The van der Waals surface area contributed by atoms with E-state index in [0.29, 0.717) is 24.0 Å². The average molecular weight is 172 g/mol. The minimum absolute atomic E-state index is 0.114. The summed E-state index contributed by atoms with van der Waals surface area (Å²) in [6.45, 7) is 6.63. The van der Waals surface area contributed by atoms with Crippen LogP contribution in [0.25, 0.3) is 0 Å². The third kappa shape index (κ3) is 3.15. The van der Waals surface area contributed by atoms with E-state index in [2.05, 4.69) is 6.58 Å². The Hall–Kier alpha value is -0.670. The zero-order valence-corrected chi connectivity index (χ0v) is 7.92. The summed E-state index contributed by atoms with van der Waals surface area (Å²) in [6.07, 6.45) is 2.39. The summed E-state index contributed by atoms with van der Waals surface area (Å²) in [5.74, 6) is 0.114. The third-order valence-electron chi connectivity index (χ3n) is 2.10. The molecule has 70 valence electrons. The summed E-state index contributed by atoms with van der Waals surface area (Å²) < 4.78 is 0.337. The maximum atomic E-state index is 11.2. The first-order valence-electron chi connectivity index (χ1n) is 4.14. The smallest absolute Gasteiger partial charge is 0.310 e. The van der Waals surface area contributed by atoms with Gasteiger partial charge in [0.15, 0.2) is 0 Å². The van der Waals surface area contributed by atoms with Crippen molar-refractivity contribution in [3.63, 3.8) is 0 Å². The summed E-state index contributed by atoms with van der Waals surface area (Å²) in [6, 6.07) is 0. The van der Waals surface area contributed by atoms with Crippen LogP contribution in [0.5, 0.6) is 0 Å². The van der Waals surface area contributed by atoms with Gasteiger partial charge in [0, 0.05) is 13.0 Å². The van der Waals surface area contributed by atoms with Crippen molar-refractivity contribution in [3.8, 4) is 0 Å². The van der Waals surface area contributed by atoms with E-state index in [9.17, 15) is 4.79 Å². The molecule has 0 aliphatic carbocycles. The number of aliphatic hydroxyl groups is 1. The molecule has 1 atom stereocenters. The predicted molar refractivity (Wildman–Crippen MR) is 48.5 cm³/mol. The molecule has 1 unspecified atom stereocenters. The normalized spacial score (nSPS) is 15.2. The van der Waals surface area contributed by atoms with E-state index in [1.807, 2.05) is 7.05 Å². The zero-order valence-electron chi connectivity index (χ0n) is 7.92. The number of nitrogens with zero attached hydrogens (tertiary/aromatic N) is 1. The number of aliphatic hydroxyl groups excluding tert-OH is 1. The van der Waals surface area contributed by atoms with Crippen molar-refractivity contribution in [2.75, 3.05) is 26.7 Å². The number of amides is 1. The van der Waals surface area contributed by atoms with Crippen molar-refractivity contribution in [1.82, 2.24) is 0 Å². The Labute approximate surface area is 73.9 Å². The summed E-state index contributed by atoms with van der Waals surface area (Å²) in [4.78, 5) is 11.2. The second-order valence-corrected chi connectivity index (χ2v) is 3.19. The van der Waals surface area contributed by atoms with Gasteiger partial charge in [-0.2, -0.15) is 0 Å². The Kier molecular flexibility index (Phi) is 4.78. The summed E-state index contributed by atoms with van der Waals surface area (Å²) in [7, 11) is 1.86. The molecule has 1 N–H and O–H groups in total. The Morgan fingerprint density at radius 3 is 2.58 bits per heavy atom. The molecule has 12 heavy (non-hydrogen) atoms. The molecule has 0 radical (unpaired) electrons. The highest BCUT2D eigenvalue weighted by molar-refractivity contribution is 5.65. The first-order valence-corrected chi connectivity index (χ1v) is 4.14. The lowest BCUT2D eigenvalue weighted by Gasteiger charge is -2.28. The SMILES string of the molecule is C=CC[N+](C)(CCCO)C(C)=O. The predicted octanol–water partition coefficient (Wildman–Crippen LogP) is 0.548. The van der Waals surface area contributed by atoms with Gasteiger partial charge in [0.25, 0.3) is 0 Å². The first kappa shape index (κ1) is 11.3. The number of rotatable bonds is 5. The molecule has 0 rings (SSSR count). The highest BCUT2D eigenvalue weighted by Crippen LogP contribution is 2.04. The van der Waals surface area contributed by atoms with Gasteiger partial charge in [-0.1, -0.05) is 6.58 Å². The lowest BCUT2D eigenvalue weighted by molar-refractivity contribution is -0.828. The lowest BCUT2D eigenvalue weighted by atomic mass is 10.3. The van der Waals surface area contributed by atoms with E-state index >= 15 is 0 Å². The van der Waals surface area contributed by atoms with Gasteiger partial charge in [-0.05, 0) is 6.08 Å². The fraction of sp³-hybridized carbons (Fsp3) is 0.667. The van der Waals surface area contributed by atoms with Gasteiger partial charge in [0.1, 0.15) is 6.54 Å². The molecular formula is C9H18NO2+. The maximum Gasteiger partial charge on any atom is 0.310 e. The minimum Gasteiger partial charge on any atom is -0.396 e. The minimum atomic E-state index is 0.114. The third-order valence-corrected chi connectivity index (χ3v) is 2.10. The largest absolute Gasteiger partial charge is 0.396 e. The van der Waals surface area contributed by atoms with Gasteiger partial charge in [-0.25, -0.2) is 4.79 Å². The van der Waals surface area contributed by atoms with Crippen LogP contribution < -0.4 is 0 Å². The molecule has 0 saturated heterocycles. The van der Waals surface area contributed by atoms with Crippen LogP contribution in [0.2, 0.25) is 0 Å². The molecule has 0 aromatic rings. The summed E-state index contributed by atoms with van der Waals surface area (Å²) in [5.41, 5.74) is 0. The van der Waals surface area contributed by atoms with Gasteiger partial charge in [0.05, 0.1) is 20.5 Å². The van der Waals surface area contributed by atoms with Gasteiger partial charge in [0.2, 0.25) is 0 Å². The number of hydrogen-bond acceptors (Lipinski definition) is 2. The van der Waals surface area contributed by atoms with E-state index in [0.717, 1.165) is 0 Å². The monoisotopic (exact) mass is 172 g/mol. The molecule has 0 bridgehead atoms. The molecule has 0 spiro atoms. The molecule has 0 saturated carbocycles. The average Bonchev–Trinajstić information content (AvgIpc) is 2.01. The van der Waals surface area contributed by atoms with Crippen LogP contribution in [0.3, 0.4) is 0 Å². The fourth-order valence-corrected chi connectivity index (χ4v) is 1.08. The van der Waals surface area contributed by atoms with Crippen LogP contribution in [-0.2, 0) is 4.79 Å². The van der Waals surface area contributed by atoms with Crippen LogP contribution in [0.1, 0.15) is 13.3 Å². The van der Waals surface area contributed by atoms with Crippen molar-refractivity contribution in [1.29, 1.82) is 0 Å². The Bertz CT molecular complexity index is 168. The molecule has 0 heterocycles. The van der Waals surface area contributed by atoms with Crippen LogP contribution in [0, 0.1) is 0 Å². The van der Waals surface area contributed by atoms with Crippen LogP contribution in [0.15, 0.2) is 12.7 Å². The quantitative estimate of drug-likeness (QED) is 0.485. The highest BCUT2D eigenvalue weighted by atomic mass is 16.3. The van der Waals surface area contributed by atoms with Crippen molar-refractivity contribution in [3.05, 3.63) is 12.7 Å². The molecule has 0 aliphatic heterocycles. The van der Waals surface area contributed by atoms with Crippen LogP contribution in [-0.4, -0.2) is 42.2 Å². The fourth-order valence-electron chi connectivity index (χ4n) is 1.08. The zero-order chi connectivity index (χ0) is 9.61. The maximum absolute atomic E-state index is 11.2. The summed E-state index contributed by atoms with van der Waals surface area (Å²) >= 11 is 0. The second kappa shape index (κ2) is 5.06. The molecule has 0 aliphatic rings. The number of likely N-dealkylation sites (N-methyl/N-ethyl adjacent to an activating group) is 1. The Morgan fingerprint density at radius 1 is 1.67 bits per heavy atom. The number of hydrogen-bond donors (Lipinski definition) is 1. The Morgan fingerprint density at radius 2 is 2.25 bits per heavy atom. The highest BCUT2D eigenvalue weighted by Gasteiger charge is 2.24. The number of carbonyl (C=O) groups excluding carboxylic acids is 1. The first-order chi connectivity index (χ1) is 5.56. The summed E-state index contributed by atoms with van der Waals surface area (Å²) in [5, 5.41) is 8.63. The van der Waals surface area contributed by atoms with Crippen molar-refractivity contribution in [2.24, 2.45) is 0 Å². The van der Waals surface area contributed by atoms with Gasteiger partial charge >= 0.3 is 5.91 Å². The van der Waals surface area contributed by atoms with Crippen molar-refractivity contribution < 1.29 is 14.4 Å². The topological polar surface area (TPSA) is 37.3 Å². The molecule has 0 aromatic carbocycles. The van der Waals surface area contributed by atoms with E-state index in [4.69, 9.17) is 5.11 Å². The molecule has 0 fully saturated rings. The second-order valence-electron chi connectivity index (χ2n) is 3.19. The van der Waals surface area contributed by atoms with Gasteiger partial charge in [-0.15, -0.1) is 0 Å². The Balaban J connectivity index is 4.17. The molecule has 0 aromatic heterocycles. The molecule has 3 nitrogen and oxygen atoms in total. The van der Waals surface area contributed by atoms with E-state index < -0.39 is 0 Å². The molecule has 3 heteroatoms. The van der Waals surface area contributed by atoms with Crippen molar-refractivity contribution in [2.45, 2.75) is 13.3 Å². The van der Waals surface area contributed by atoms with E-state index in [1.54, 1.807) is 13.0 Å². The van der Waals surface area contributed by atoms with Gasteiger partial charge < -0.3 is 5.11 Å². The number of quaternary nitrogens is 1.